The molecule has 5 unspecified atom stereocenters. The first-order chi connectivity index (χ1) is 24.1. The Kier molecular flexibility index (Phi) is 10.8. The predicted octanol–water partition coefficient (Wildman–Crippen LogP) is 6.52. The van der Waals surface area contributed by atoms with Crippen LogP contribution < -0.4 is 5.32 Å². The van der Waals surface area contributed by atoms with E-state index in [2.05, 4.69) is 69.5 Å². The van der Waals surface area contributed by atoms with E-state index < -0.39 is 6.29 Å². The van der Waals surface area contributed by atoms with Gasteiger partial charge in [0.15, 0.2) is 6.29 Å². The highest BCUT2D eigenvalue weighted by Crippen LogP contribution is 2.42. The lowest BCUT2D eigenvalue weighted by atomic mass is 9.89. The van der Waals surface area contributed by atoms with Gasteiger partial charge in [-0.2, -0.15) is 0 Å². The van der Waals surface area contributed by atoms with E-state index in [-0.39, 0.29) is 30.6 Å². The van der Waals surface area contributed by atoms with Crippen molar-refractivity contribution in [1.82, 2.24) is 20.1 Å². The van der Waals surface area contributed by atoms with E-state index >= 15 is 0 Å². The van der Waals surface area contributed by atoms with Crippen molar-refractivity contribution in [3.05, 3.63) is 125 Å². The number of amides is 1. The molecule has 3 aliphatic heterocycles. The molecule has 8 heteroatoms. The van der Waals surface area contributed by atoms with E-state index in [0.29, 0.717) is 18.2 Å². The van der Waals surface area contributed by atoms with Crippen molar-refractivity contribution in [3.8, 4) is 11.1 Å². The van der Waals surface area contributed by atoms with E-state index in [1.807, 2.05) is 30.3 Å². The predicted molar refractivity (Wildman–Crippen MR) is 191 cm³/mol. The first-order valence-corrected chi connectivity index (χ1v) is 17.9. The van der Waals surface area contributed by atoms with E-state index in [0.717, 1.165) is 53.0 Å². The van der Waals surface area contributed by atoms with Crippen LogP contribution in [0.3, 0.4) is 0 Å². The van der Waals surface area contributed by atoms with Gasteiger partial charge in [0, 0.05) is 49.6 Å². The second-order valence-electron chi connectivity index (χ2n) is 13.8. The molecule has 7 rings (SSSR count). The van der Waals surface area contributed by atoms with Crippen LogP contribution in [0.4, 0.5) is 0 Å². The minimum absolute atomic E-state index is 0.00396. The third kappa shape index (κ3) is 7.95. The zero-order chi connectivity index (χ0) is 33.6. The van der Waals surface area contributed by atoms with Crippen molar-refractivity contribution in [1.29, 1.82) is 0 Å². The summed E-state index contributed by atoms with van der Waals surface area (Å²) >= 11 is 0. The summed E-state index contributed by atoms with van der Waals surface area (Å²) < 4.78 is 13.7. The number of benzene rings is 3. The Labute approximate surface area is 290 Å². The molecule has 3 aliphatic rings. The average molecular weight is 661 g/mol. The van der Waals surface area contributed by atoms with Gasteiger partial charge in [-0.15, -0.1) is 0 Å². The van der Waals surface area contributed by atoms with Gasteiger partial charge in [0.25, 0.3) is 5.91 Å². The van der Waals surface area contributed by atoms with Crippen molar-refractivity contribution < 1.29 is 19.4 Å². The van der Waals surface area contributed by atoms with E-state index in [1.165, 1.54) is 38.8 Å². The molecule has 256 valence electrons. The molecule has 3 fully saturated rings. The van der Waals surface area contributed by atoms with Crippen LogP contribution in [0.15, 0.2) is 97.3 Å². The van der Waals surface area contributed by atoms with Crippen molar-refractivity contribution in [2.75, 3.05) is 32.7 Å². The number of nitrogens with one attached hydrogen (secondary N) is 1. The van der Waals surface area contributed by atoms with Gasteiger partial charge >= 0.3 is 0 Å². The molecule has 0 aliphatic carbocycles. The third-order valence-electron chi connectivity index (χ3n) is 10.6. The number of nitrogens with zero attached hydrogens (tertiary/aromatic N) is 3. The monoisotopic (exact) mass is 660 g/mol. The van der Waals surface area contributed by atoms with E-state index in [4.69, 9.17) is 9.47 Å². The summed E-state index contributed by atoms with van der Waals surface area (Å²) in [6, 6.07) is 28.9. The standard InChI is InChI=1S/C41H48N4O4/c1-29-38(27-45-23-7-10-36(45)26-44-21-4-5-22-44)48-41(49-39(29)32-14-12-30(28-46)13-15-32)33-18-16-31(17-19-33)37-11-3-2-8-34(37)25-43-40(47)35-9-6-20-42-24-35/h2-3,6,8-9,11-20,24,29,36,38-39,41,46H,4-5,7,10,21-23,25-28H2,1H3,(H,43,47). The molecule has 5 atom stereocenters. The van der Waals surface area contributed by atoms with Crippen molar-refractivity contribution in [3.63, 3.8) is 0 Å². The van der Waals surface area contributed by atoms with Gasteiger partial charge in [0.2, 0.25) is 0 Å². The van der Waals surface area contributed by atoms with Crippen molar-refractivity contribution in [2.45, 2.75) is 70.3 Å². The average Bonchev–Trinajstić information content (AvgIpc) is 3.84. The molecule has 0 saturated carbocycles. The second-order valence-corrected chi connectivity index (χ2v) is 13.8. The summed E-state index contributed by atoms with van der Waals surface area (Å²) in [6.45, 7) is 8.30. The fraction of sp³-hybridized carbons (Fsp3) is 0.415. The first kappa shape index (κ1) is 33.6. The maximum absolute atomic E-state index is 12.7. The number of hydrogen-bond donors (Lipinski definition) is 2. The van der Waals surface area contributed by atoms with Crippen LogP contribution >= 0.6 is 0 Å². The van der Waals surface area contributed by atoms with Crippen molar-refractivity contribution in [2.24, 2.45) is 5.92 Å². The highest BCUT2D eigenvalue weighted by Gasteiger charge is 2.40. The third-order valence-corrected chi connectivity index (χ3v) is 10.6. The number of rotatable bonds is 11. The Morgan fingerprint density at radius 1 is 0.878 bits per heavy atom. The Morgan fingerprint density at radius 3 is 2.41 bits per heavy atom. The van der Waals surface area contributed by atoms with Gasteiger partial charge in [0.1, 0.15) is 0 Å². The maximum Gasteiger partial charge on any atom is 0.253 e. The first-order valence-electron chi connectivity index (χ1n) is 17.9. The molecule has 0 radical (unpaired) electrons. The fourth-order valence-corrected chi connectivity index (χ4v) is 7.72. The van der Waals surface area contributed by atoms with Crippen LogP contribution in [0.2, 0.25) is 0 Å². The largest absolute Gasteiger partial charge is 0.392 e. The number of likely N-dealkylation sites (tertiary alicyclic amines) is 2. The van der Waals surface area contributed by atoms with Gasteiger partial charge in [-0.25, -0.2) is 0 Å². The maximum atomic E-state index is 12.7. The lowest BCUT2D eigenvalue weighted by Crippen LogP contribution is -2.48. The molecule has 1 amide bonds. The lowest BCUT2D eigenvalue weighted by Gasteiger charge is -2.43. The summed E-state index contributed by atoms with van der Waals surface area (Å²) in [5, 5.41) is 12.7. The summed E-state index contributed by atoms with van der Waals surface area (Å²) in [7, 11) is 0. The number of carbonyl (C=O) groups is 1. The minimum Gasteiger partial charge on any atom is -0.392 e. The molecule has 4 aromatic rings. The van der Waals surface area contributed by atoms with Crippen molar-refractivity contribution >= 4 is 5.91 Å². The molecule has 49 heavy (non-hydrogen) atoms. The second kappa shape index (κ2) is 15.7. The van der Waals surface area contributed by atoms with Crippen LogP contribution in [-0.4, -0.2) is 70.7 Å². The molecular formula is C41H48N4O4. The number of aliphatic hydroxyl groups is 1. The molecule has 3 aromatic carbocycles. The Morgan fingerprint density at radius 2 is 1.65 bits per heavy atom. The summed E-state index contributed by atoms with van der Waals surface area (Å²) in [6.07, 6.45) is 7.72. The number of aromatic nitrogens is 1. The molecule has 1 aromatic heterocycles. The zero-order valence-electron chi connectivity index (χ0n) is 28.4. The van der Waals surface area contributed by atoms with Crippen LogP contribution in [0.5, 0.6) is 0 Å². The Hall–Kier alpha value is -3.92. The summed E-state index contributed by atoms with van der Waals surface area (Å²) in [4.78, 5) is 22.1. The van der Waals surface area contributed by atoms with Crippen LogP contribution in [0.1, 0.15) is 77.6 Å². The normalized spacial score (nSPS) is 24.7. The van der Waals surface area contributed by atoms with Gasteiger partial charge in [-0.05, 0) is 85.3 Å². The number of aliphatic hydroxyl groups excluding tert-OH is 1. The van der Waals surface area contributed by atoms with E-state index in [9.17, 15) is 9.90 Å². The topological polar surface area (TPSA) is 87.2 Å². The van der Waals surface area contributed by atoms with Gasteiger partial charge < -0.3 is 24.8 Å². The van der Waals surface area contributed by atoms with E-state index in [1.54, 1.807) is 24.5 Å². The Bertz CT molecular complexity index is 1660. The highest BCUT2D eigenvalue weighted by atomic mass is 16.7. The molecule has 0 spiro atoms. The summed E-state index contributed by atoms with van der Waals surface area (Å²) in [5.74, 6) is 0.00257. The number of pyridine rings is 1. The highest BCUT2D eigenvalue weighted by molar-refractivity contribution is 5.93. The molecule has 8 nitrogen and oxygen atoms in total. The van der Waals surface area contributed by atoms with Crippen LogP contribution in [-0.2, 0) is 22.6 Å². The number of ether oxygens (including phenoxy) is 2. The van der Waals surface area contributed by atoms with Gasteiger partial charge in [-0.3, -0.25) is 14.7 Å². The molecule has 2 N–H and O–H groups in total. The van der Waals surface area contributed by atoms with Gasteiger partial charge in [-0.1, -0.05) is 79.7 Å². The van der Waals surface area contributed by atoms with Crippen LogP contribution in [0, 0.1) is 5.92 Å². The quantitative estimate of drug-likeness (QED) is 0.189. The number of carbonyl (C=O) groups excluding carboxylic acids is 1. The summed E-state index contributed by atoms with van der Waals surface area (Å²) in [5.41, 5.74) is 6.69. The zero-order valence-corrected chi connectivity index (χ0v) is 28.4. The molecule has 3 saturated heterocycles. The molecule has 0 bridgehead atoms. The SMILES string of the molecule is CC1C(CN2CCCC2CN2CCCC2)OC(c2ccc(-c3ccccc3CNC(=O)c3cccnc3)cc2)OC1c1ccc(CO)cc1. The minimum atomic E-state index is -0.508. The fourth-order valence-electron chi connectivity index (χ4n) is 7.72. The molecule has 4 heterocycles. The number of hydrogen-bond acceptors (Lipinski definition) is 7. The lowest BCUT2D eigenvalue weighted by molar-refractivity contribution is -0.276. The Balaban J connectivity index is 1.09. The van der Waals surface area contributed by atoms with Gasteiger partial charge in [0.05, 0.1) is 24.4 Å². The molecular weight excluding hydrogens is 612 g/mol. The smallest absolute Gasteiger partial charge is 0.253 e. The van der Waals surface area contributed by atoms with Crippen LogP contribution in [0.25, 0.3) is 11.1 Å².